The van der Waals surface area contributed by atoms with Gasteiger partial charge in [0.05, 0.1) is 5.60 Å². The summed E-state index contributed by atoms with van der Waals surface area (Å²) in [5, 5.41) is 11.9. The molecule has 0 aromatic carbocycles. The highest BCUT2D eigenvalue weighted by molar-refractivity contribution is 5.66. The summed E-state index contributed by atoms with van der Waals surface area (Å²) >= 11 is 0. The van der Waals surface area contributed by atoms with Crippen molar-refractivity contribution >= 4 is 5.97 Å². The van der Waals surface area contributed by atoms with Gasteiger partial charge in [-0.05, 0) is 38.6 Å². The van der Waals surface area contributed by atoms with Gasteiger partial charge in [-0.2, -0.15) is 0 Å². The molecule has 16 heavy (non-hydrogen) atoms. The van der Waals surface area contributed by atoms with Gasteiger partial charge in [-0.1, -0.05) is 6.42 Å². The van der Waals surface area contributed by atoms with Gasteiger partial charge in [-0.15, -0.1) is 0 Å². The van der Waals surface area contributed by atoms with Crippen molar-refractivity contribution in [1.29, 1.82) is 0 Å². The van der Waals surface area contributed by atoms with Crippen molar-refractivity contribution in [3.63, 3.8) is 0 Å². The Morgan fingerprint density at radius 3 is 2.62 bits per heavy atom. The largest absolute Gasteiger partial charge is 0.481 e. The number of aliphatic carboxylic acids is 1. The van der Waals surface area contributed by atoms with Crippen LogP contribution in [0.5, 0.6) is 0 Å². The fraction of sp³-hybridized carbons (Fsp3) is 0.917. The maximum absolute atomic E-state index is 10.3. The van der Waals surface area contributed by atoms with E-state index in [2.05, 4.69) is 5.32 Å². The van der Waals surface area contributed by atoms with Crippen LogP contribution in [0.4, 0.5) is 0 Å². The summed E-state index contributed by atoms with van der Waals surface area (Å²) < 4.78 is 5.49. The van der Waals surface area contributed by atoms with E-state index in [-0.39, 0.29) is 5.60 Å². The fourth-order valence-corrected chi connectivity index (χ4v) is 2.04. The first kappa shape index (κ1) is 13.5. The number of methoxy groups -OCH3 is 1. The second kappa shape index (κ2) is 6.86. The van der Waals surface area contributed by atoms with E-state index in [4.69, 9.17) is 9.84 Å². The summed E-state index contributed by atoms with van der Waals surface area (Å²) in [7, 11) is 1.79. The van der Waals surface area contributed by atoms with Gasteiger partial charge in [-0.25, -0.2) is 0 Å². The molecule has 0 radical (unpaired) electrons. The third-order valence-corrected chi connectivity index (χ3v) is 3.39. The minimum absolute atomic E-state index is 0.0983. The third kappa shape index (κ3) is 4.49. The van der Waals surface area contributed by atoms with E-state index in [0.29, 0.717) is 6.42 Å². The van der Waals surface area contributed by atoms with E-state index in [1.807, 2.05) is 0 Å². The molecule has 1 aliphatic rings. The van der Waals surface area contributed by atoms with Gasteiger partial charge in [0.15, 0.2) is 0 Å². The molecule has 1 rings (SSSR count). The normalized spacial score (nSPS) is 18.1. The number of carbonyl (C=O) groups is 1. The zero-order chi connectivity index (χ0) is 11.9. The monoisotopic (exact) mass is 229 g/mol. The molecule has 1 fully saturated rings. The molecule has 0 aromatic rings. The zero-order valence-electron chi connectivity index (χ0n) is 10.1. The van der Waals surface area contributed by atoms with Crippen LogP contribution in [0.1, 0.15) is 44.9 Å². The molecule has 0 unspecified atom stereocenters. The molecule has 4 heteroatoms. The minimum Gasteiger partial charge on any atom is -0.481 e. The SMILES string of the molecule is COC1(CNCCCCCC(=O)O)CCC1. The summed E-state index contributed by atoms with van der Waals surface area (Å²) in [5.41, 5.74) is 0.0983. The van der Waals surface area contributed by atoms with Crippen LogP contribution < -0.4 is 5.32 Å². The Labute approximate surface area is 97.4 Å². The van der Waals surface area contributed by atoms with Crippen molar-refractivity contribution in [2.75, 3.05) is 20.2 Å². The number of carboxylic acid groups (broad SMARTS) is 1. The Bertz CT molecular complexity index is 209. The van der Waals surface area contributed by atoms with E-state index < -0.39 is 5.97 Å². The molecule has 2 N–H and O–H groups in total. The summed E-state index contributed by atoms with van der Waals surface area (Å²) in [6.45, 7) is 1.90. The Morgan fingerprint density at radius 2 is 2.12 bits per heavy atom. The maximum Gasteiger partial charge on any atom is 0.303 e. The molecular formula is C12H23NO3. The summed E-state index contributed by atoms with van der Waals surface area (Å²) in [4.78, 5) is 10.3. The Morgan fingerprint density at radius 1 is 1.38 bits per heavy atom. The molecule has 0 bridgehead atoms. The first-order valence-corrected chi connectivity index (χ1v) is 6.16. The fourth-order valence-electron chi connectivity index (χ4n) is 2.04. The predicted molar refractivity (Wildman–Crippen MR) is 62.6 cm³/mol. The molecular weight excluding hydrogens is 206 g/mol. The molecule has 94 valence electrons. The molecule has 1 saturated carbocycles. The van der Waals surface area contributed by atoms with Gasteiger partial charge in [0.2, 0.25) is 0 Å². The first-order valence-electron chi connectivity index (χ1n) is 6.16. The first-order chi connectivity index (χ1) is 7.68. The lowest BCUT2D eigenvalue weighted by molar-refractivity contribution is -0.137. The number of hydrogen-bond acceptors (Lipinski definition) is 3. The highest BCUT2D eigenvalue weighted by Gasteiger charge is 2.36. The topological polar surface area (TPSA) is 58.6 Å². The third-order valence-electron chi connectivity index (χ3n) is 3.39. The molecule has 0 atom stereocenters. The minimum atomic E-state index is -0.694. The lowest BCUT2D eigenvalue weighted by Gasteiger charge is -2.40. The number of unbranched alkanes of at least 4 members (excludes halogenated alkanes) is 2. The van der Waals surface area contributed by atoms with Crippen molar-refractivity contribution < 1.29 is 14.6 Å². The van der Waals surface area contributed by atoms with Crippen molar-refractivity contribution in [3.05, 3.63) is 0 Å². The highest BCUT2D eigenvalue weighted by Crippen LogP contribution is 2.34. The quantitative estimate of drug-likeness (QED) is 0.592. The van der Waals surface area contributed by atoms with Crippen molar-refractivity contribution in [2.45, 2.75) is 50.5 Å². The molecule has 1 aliphatic carbocycles. The van der Waals surface area contributed by atoms with Gasteiger partial charge < -0.3 is 15.2 Å². The van der Waals surface area contributed by atoms with Crippen molar-refractivity contribution in [2.24, 2.45) is 0 Å². The molecule has 0 heterocycles. The second-order valence-electron chi connectivity index (χ2n) is 4.62. The lowest BCUT2D eigenvalue weighted by atomic mass is 9.80. The van der Waals surface area contributed by atoms with E-state index in [0.717, 1.165) is 45.2 Å². The molecule has 0 aliphatic heterocycles. The average Bonchev–Trinajstić information content (AvgIpc) is 2.19. The zero-order valence-corrected chi connectivity index (χ0v) is 10.1. The van der Waals surface area contributed by atoms with Crippen LogP contribution in [0.25, 0.3) is 0 Å². The lowest BCUT2D eigenvalue weighted by Crippen LogP contribution is -2.48. The summed E-state index contributed by atoms with van der Waals surface area (Å²) in [5.74, 6) is -0.694. The van der Waals surface area contributed by atoms with Crippen LogP contribution in [0, 0.1) is 0 Å². The number of nitrogens with one attached hydrogen (secondary N) is 1. The second-order valence-corrected chi connectivity index (χ2v) is 4.62. The maximum atomic E-state index is 10.3. The van der Waals surface area contributed by atoms with E-state index in [9.17, 15) is 4.79 Å². The van der Waals surface area contributed by atoms with E-state index in [1.54, 1.807) is 7.11 Å². The van der Waals surface area contributed by atoms with E-state index in [1.165, 1.54) is 6.42 Å². The Hall–Kier alpha value is -0.610. The van der Waals surface area contributed by atoms with Crippen LogP contribution in [0.2, 0.25) is 0 Å². The van der Waals surface area contributed by atoms with Crippen LogP contribution in [0.3, 0.4) is 0 Å². The predicted octanol–water partition coefficient (Wildman–Crippen LogP) is 1.79. The van der Waals surface area contributed by atoms with Crippen LogP contribution in [-0.2, 0) is 9.53 Å². The van der Waals surface area contributed by atoms with Gasteiger partial charge in [-0.3, -0.25) is 4.79 Å². The van der Waals surface area contributed by atoms with Crippen LogP contribution >= 0.6 is 0 Å². The molecule has 0 amide bonds. The van der Waals surface area contributed by atoms with Gasteiger partial charge in [0, 0.05) is 20.1 Å². The highest BCUT2D eigenvalue weighted by atomic mass is 16.5. The molecule has 0 saturated heterocycles. The van der Waals surface area contributed by atoms with Gasteiger partial charge in [0.1, 0.15) is 0 Å². The van der Waals surface area contributed by atoms with Crippen molar-refractivity contribution in [1.82, 2.24) is 5.32 Å². The summed E-state index contributed by atoms with van der Waals surface area (Å²) in [6, 6.07) is 0. The Kier molecular flexibility index (Phi) is 5.77. The summed E-state index contributed by atoms with van der Waals surface area (Å²) in [6.07, 6.45) is 6.71. The number of carboxylic acids is 1. The van der Waals surface area contributed by atoms with Gasteiger partial charge >= 0.3 is 5.97 Å². The standard InChI is InChI=1S/C12H23NO3/c1-16-12(7-5-8-12)10-13-9-4-2-3-6-11(14)15/h13H,2-10H2,1H3,(H,14,15). The Balaban J connectivity index is 1.90. The van der Waals surface area contributed by atoms with Crippen LogP contribution in [0.15, 0.2) is 0 Å². The van der Waals surface area contributed by atoms with Gasteiger partial charge in [0.25, 0.3) is 0 Å². The molecule has 4 nitrogen and oxygen atoms in total. The van der Waals surface area contributed by atoms with Crippen molar-refractivity contribution in [3.8, 4) is 0 Å². The number of hydrogen-bond donors (Lipinski definition) is 2. The molecule has 0 spiro atoms. The average molecular weight is 229 g/mol. The van der Waals surface area contributed by atoms with Crippen LogP contribution in [-0.4, -0.2) is 36.9 Å². The number of rotatable bonds is 9. The number of ether oxygens (including phenoxy) is 1. The smallest absolute Gasteiger partial charge is 0.303 e. The van der Waals surface area contributed by atoms with E-state index >= 15 is 0 Å². The molecule has 0 aromatic heterocycles.